The van der Waals surface area contributed by atoms with Crippen molar-refractivity contribution in [2.75, 3.05) is 33.5 Å². The zero-order valence-electron chi connectivity index (χ0n) is 11.4. The molecule has 0 saturated carbocycles. The Morgan fingerprint density at radius 1 is 1.20 bits per heavy atom. The monoisotopic (exact) mass is 286 g/mol. The van der Waals surface area contributed by atoms with Crippen molar-refractivity contribution in [3.05, 3.63) is 35.1 Å². The number of carboxylic acids is 1. The van der Waals surface area contributed by atoms with Gasteiger partial charge in [0.1, 0.15) is 5.82 Å². The molecule has 0 aliphatic rings. The Morgan fingerprint density at radius 2 is 1.95 bits per heavy atom. The zero-order chi connectivity index (χ0) is 14.8. The van der Waals surface area contributed by atoms with Gasteiger partial charge in [-0.2, -0.15) is 0 Å². The van der Waals surface area contributed by atoms with E-state index in [0.29, 0.717) is 32.0 Å². The van der Waals surface area contributed by atoms with E-state index in [1.165, 1.54) is 12.1 Å². The van der Waals surface area contributed by atoms with Crippen molar-refractivity contribution < 1.29 is 28.5 Å². The van der Waals surface area contributed by atoms with E-state index in [-0.39, 0.29) is 12.2 Å². The number of methoxy groups -OCH3 is 1. The van der Waals surface area contributed by atoms with Crippen molar-refractivity contribution in [1.29, 1.82) is 0 Å². The molecule has 20 heavy (non-hydrogen) atoms. The third kappa shape index (κ3) is 6.10. The van der Waals surface area contributed by atoms with E-state index in [1.807, 2.05) is 0 Å². The van der Waals surface area contributed by atoms with Gasteiger partial charge in [-0.15, -0.1) is 0 Å². The van der Waals surface area contributed by atoms with Gasteiger partial charge in [-0.25, -0.2) is 9.18 Å². The van der Waals surface area contributed by atoms with Crippen LogP contribution in [0.1, 0.15) is 22.3 Å². The third-order valence-electron chi connectivity index (χ3n) is 2.57. The molecule has 1 aromatic carbocycles. The van der Waals surface area contributed by atoms with E-state index >= 15 is 0 Å². The largest absolute Gasteiger partial charge is 0.478 e. The molecule has 0 heterocycles. The summed E-state index contributed by atoms with van der Waals surface area (Å²) in [6.07, 6.45) is 0.821. The van der Waals surface area contributed by atoms with Crippen molar-refractivity contribution >= 4 is 5.97 Å². The number of carboxylic acid groups (broad SMARTS) is 1. The summed E-state index contributed by atoms with van der Waals surface area (Å²) in [6.45, 7) is 2.12. The fourth-order valence-electron chi connectivity index (χ4n) is 1.50. The molecule has 0 fully saturated rings. The van der Waals surface area contributed by atoms with Crippen LogP contribution in [0.15, 0.2) is 18.2 Å². The van der Waals surface area contributed by atoms with Crippen LogP contribution in [-0.2, 0) is 20.8 Å². The highest BCUT2D eigenvalue weighted by atomic mass is 19.1. The molecular formula is C14H19FO5. The van der Waals surface area contributed by atoms with Crippen LogP contribution in [0.3, 0.4) is 0 Å². The summed E-state index contributed by atoms with van der Waals surface area (Å²) in [5, 5.41) is 8.71. The average molecular weight is 286 g/mol. The predicted molar refractivity (Wildman–Crippen MR) is 70.3 cm³/mol. The van der Waals surface area contributed by atoms with E-state index in [9.17, 15) is 9.18 Å². The molecule has 1 rings (SSSR count). The van der Waals surface area contributed by atoms with Crippen LogP contribution in [0.2, 0.25) is 0 Å². The molecule has 112 valence electrons. The standard InChI is InChI=1S/C14H19FO5/c1-18-5-2-6-19-7-8-20-10-12-4-3-11(14(16)17)9-13(12)15/h3-4,9H,2,5-8,10H2,1H3,(H,16,17). The zero-order valence-corrected chi connectivity index (χ0v) is 11.4. The lowest BCUT2D eigenvalue weighted by molar-refractivity contribution is 0.0329. The maximum absolute atomic E-state index is 13.5. The van der Waals surface area contributed by atoms with E-state index in [1.54, 1.807) is 7.11 Å². The lowest BCUT2D eigenvalue weighted by atomic mass is 10.1. The molecule has 1 aromatic rings. The second-order valence-electron chi connectivity index (χ2n) is 4.12. The number of halogens is 1. The number of carbonyl (C=O) groups is 1. The minimum Gasteiger partial charge on any atom is -0.478 e. The van der Waals surface area contributed by atoms with Crippen molar-refractivity contribution in [1.82, 2.24) is 0 Å². The second-order valence-corrected chi connectivity index (χ2v) is 4.12. The van der Waals surface area contributed by atoms with E-state index < -0.39 is 11.8 Å². The maximum atomic E-state index is 13.5. The first-order chi connectivity index (χ1) is 9.65. The number of ether oxygens (including phenoxy) is 3. The van der Waals surface area contributed by atoms with Gasteiger partial charge in [0.25, 0.3) is 0 Å². The quantitative estimate of drug-likeness (QED) is 0.667. The Kier molecular flexibility index (Phi) is 7.79. The molecule has 1 N–H and O–H groups in total. The molecule has 0 radical (unpaired) electrons. The van der Waals surface area contributed by atoms with Crippen LogP contribution in [-0.4, -0.2) is 44.6 Å². The van der Waals surface area contributed by atoms with Gasteiger partial charge in [0.15, 0.2) is 0 Å². The lowest BCUT2D eigenvalue weighted by Gasteiger charge is -2.07. The van der Waals surface area contributed by atoms with Gasteiger partial charge in [0, 0.05) is 25.9 Å². The molecule has 0 atom stereocenters. The predicted octanol–water partition coefficient (Wildman–Crippen LogP) is 2.09. The highest BCUT2D eigenvalue weighted by Gasteiger charge is 2.08. The molecule has 0 aromatic heterocycles. The Bertz CT molecular complexity index is 422. The fourth-order valence-corrected chi connectivity index (χ4v) is 1.50. The molecule has 5 nitrogen and oxygen atoms in total. The smallest absolute Gasteiger partial charge is 0.335 e. The van der Waals surface area contributed by atoms with E-state index in [4.69, 9.17) is 19.3 Å². The van der Waals surface area contributed by atoms with Crippen LogP contribution < -0.4 is 0 Å². The molecule has 0 bridgehead atoms. The Hall–Kier alpha value is -1.50. The highest BCUT2D eigenvalue weighted by molar-refractivity contribution is 5.87. The number of hydrogen-bond acceptors (Lipinski definition) is 4. The van der Waals surface area contributed by atoms with E-state index in [2.05, 4.69) is 0 Å². The summed E-state index contributed by atoms with van der Waals surface area (Å²) < 4.78 is 29.0. The summed E-state index contributed by atoms with van der Waals surface area (Å²) in [6, 6.07) is 3.76. The Balaban J connectivity index is 2.20. The minimum atomic E-state index is -1.15. The number of hydrogen-bond donors (Lipinski definition) is 1. The molecule has 6 heteroatoms. The highest BCUT2D eigenvalue weighted by Crippen LogP contribution is 2.11. The number of rotatable bonds is 10. The van der Waals surface area contributed by atoms with Gasteiger partial charge < -0.3 is 19.3 Å². The van der Waals surface area contributed by atoms with Gasteiger partial charge in [-0.1, -0.05) is 6.07 Å². The minimum absolute atomic E-state index is 0.0762. The first kappa shape index (κ1) is 16.6. The summed E-state index contributed by atoms with van der Waals surface area (Å²) in [4.78, 5) is 10.6. The maximum Gasteiger partial charge on any atom is 0.335 e. The van der Waals surface area contributed by atoms with Gasteiger partial charge in [0.05, 0.1) is 25.4 Å². The first-order valence-electron chi connectivity index (χ1n) is 6.31. The molecule has 0 amide bonds. The fraction of sp³-hybridized carbons (Fsp3) is 0.500. The molecule has 0 saturated heterocycles. The lowest BCUT2D eigenvalue weighted by Crippen LogP contribution is -2.07. The van der Waals surface area contributed by atoms with Crippen molar-refractivity contribution in [2.45, 2.75) is 13.0 Å². The molecule has 0 unspecified atom stereocenters. The SMILES string of the molecule is COCCCOCCOCc1ccc(C(=O)O)cc1F. The molecule has 0 aliphatic carbocycles. The number of aromatic carboxylic acids is 1. The molecule has 0 spiro atoms. The van der Waals surface area contributed by atoms with Gasteiger partial charge in [-0.05, 0) is 18.6 Å². The Labute approximate surface area is 117 Å². The van der Waals surface area contributed by atoms with Crippen LogP contribution >= 0.6 is 0 Å². The summed E-state index contributed by atoms with van der Waals surface area (Å²) in [5.41, 5.74) is 0.252. The van der Waals surface area contributed by atoms with Gasteiger partial charge in [-0.3, -0.25) is 0 Å². The van der Waals surface area contributed by atoms with Crippen LogP contribution in [0.5, 0.6) is 0 Å². The van der Waals surface area contributed by atoms with Crippen LogP contribution in [0.25, 0.3) is 0 Å². The molecule has 0 aliphatic heterocycles. The third-order valence-corrected chi connectivity index (χ3v) is 2.57. The summed E-state index contributed by atoms with van der Waals surface area (Å²) in [7, 11) is 1.63. The van der Waals surface area contributed by atoms with Gasteiger partial charge >= 0.3 is 5.97 Å². The second kappa shape index (κ2) is 9.41. The first-order valence-corrected chi connectivity index (χ1v) is 6.31. The van der Waals surface area contributed by atoms with Crippen LogP contribution in [0, 0.1) is 5.82 Å². The van der Waals surface area contributed by atoms with Crippen molar-refractivity contribution in [3.63, 3.8) is 0 Å². The normalized spacial score (nSPS) is 10.7. The summed E-state index contributed by atoms with van der Waals surface area (Å²) in [5.74, 6) is -1.73. The molecular weight excluding hydrogens is 267 g/mol. The average Bonchev–Trinajstić information content (AvgIpc) is 2.43. The van der Waals surface area contributed by atoms with E-state index in [0.717, 1.165) is 12.5 Å². The van der Waals surface area contributed by atoms with Gasteiger partial charge in [0.2, 0.25) is 0 Å². The number of benzene rings is 1. The summed E-state index contributed by atoms with van der Waals surface area (Å²) >= 11 is 0. The van der Waals surface area contributed by atoms with Crippen molar-refractivity contribution in [3.8, 4) is 0 Å². The van der Waals surface area contributed by atoms with Crippen molar-refractivity contribution in [2.24, 2.45) is 0 Å². The Morgan fingerprint density at radius 3 is 2.60 bits per heavy atom. The van der Waals surface area contributed by atoms with Crippen LogP contribution in [0.4, 0.5) is 4.39 Å². The topological polar surface area (TPSA) is 65.0 Å².